The van der Waals surface area contributed by atoms with Crippen LogP contribution in [0, 0.1) is 5.92 Å². The smallest absolute Gasteiger partial charge is 0.329 e. The fourth-order valence-corrected chi connectivity index (χ4v) is 1.70. The largest absolute Gasteiger partial charge is 0.480 e. The Labute approximate surface area is 101 Å². The molecule has 0 spiro atoms. The Morgan fingerprint density at radius 1 is 1.47 bits per heavy atom. The monoisotopic (exact) mass is 244 g/mol. The van der Waals surface area contributed by atoms with Crippen LogP contribution in [0.3, 0.4) is 0 Å². The molecule has 0 bridgehead atoms. The van der Waals surface area contributed by atoms with Gasteiger partial charge in [-0.05, 0) is 25.7 Å². The van der Waals surface area contributed by atoms with Gasteiger partial charge >= 0.3 is 5.97 Å². The number of aliphatic carboxylic acids is 1. The normalized spacial score (nSPS) is 18.5. The molecule has 1 atom stereocenters. The van der Waals surface area contributed by atoms with Crippen molar-refractivity contribution in [3.63, 3.8) is 0 Å². The zero-order valence-corrected chi connectivity index (χ0v) is 10.3. The molecule has 1 saturated carbocycles. The van der Waals surface area contributed by atoms with Gasteiger partial charge in [0, 0.05) is 13.7 Å². The van der Waals surface area contributed by atoms with Crippen LogP contribution >= 0.6 is 0 Å². The lowest BCUT2D eigenvalue weighted by atomic mass is 9.96. The molecule has 0 heterocycles. The van der Waals surface area contributed by atoms with Crippen molar-refractivity contribution in [3.05, 3.63) is 0 Å². The second-order valence-electron chi connectivity index (χ2n) is 4.50. The molecule has 17 heavy (non-hydrogen) atoms. The number of ether oxygens (including phenoxy) is 1. The highest BCUT2D eigenvalue weighted by Gasteiger charge is 2.48. The van der Waals surface area contributed by atoms with Crippen molar-refractivity contribution in [3.8, 4) is 0 Å². The predicted octanol–water partition coefficient (Wildman–Crippen LogP) is -0.408. The summed E-state index contributed by atoms with van der Waals surface area (Å²) in [6, 6.07) is 0. The van der Waals surface area contributed by atoms with Crippen LogP contribution in [0.15, 0.2) is 0 Å². The Morgan fingerprint density at radius 2 is 2.12 bits per heavy atom. The number of amides is 1. The highest BCUT2D eigenvalue weighted by atomic mass is 16.5. The van der Waals surface area contributed by atoms with Crippen LogP contribution in [0.4, 0.5) is 0 Å². The molecule has 6 heteroatoms. The molecule has 0 aromatic heterocycles. The van der Waals surface area contributed by atoms with E-state index >= 15 is 0 Å². The first kappa shape index (κ1) is 13.9. The average molecular weight is 244 g/mol. The lowest BCUT2D eigenvalue weighted by Gasteiger charge is -2.26. The van der Waals surface area contributed by atoms with E-state index in [-0.39, 0.29) is 18.4 Å². The van der Waals surface area contributed by atoms with E-state index in [1.165, 1.54) is 0 Å². The Morgan fingerprint density at radius 3 is 2.59 bits per heavy atom. The van der Waals surface area contributed by atoms with Gasteiger partial charge in [-0.2, -0.15) is 0 Å². The zero-order valence-electron chi connectivity index (χ0n) is 10.3. The summed E-state index contributed by atoms with van der Waals surface area (Å²) in [6.07, 6.45) is 1.72. The van der Waals surface area contributed by atoms with Crippen LogP contribution in [0.1, 0.15) is 19.8 Å². The summed E-state index contributed by atoms with van der Waals surface area (Å²) in [6.45, 7) is 2.77. The Hall–Kier alpha value is -1.14. The van der Waals surface area contributed by atoms with Gasteiger partial charge in [0.15, 0.2) is 0 Å². The van der Waals surface area contributed by atoms with Crippen molar-refractivity contribution in [2.45, 2.75) is 25.3 Å². The molecule has 1 aliphatic carbocycles. The molecule has 1 aliphatic rings. The van der Waals surface area contributed by atoms with Crippen molar-refractivity contribution in [2.75, 3.05) is 26.8 Å². The van der Waals surface area contributed by atoms with Gasteiger partial charge < -0.3 is 20.5 Å². The van der Waals surface area contributed by atoms with Crippen LogP contribution in [0.2, 0.25) is 0 Å². The van der Waals surface area contributed by atoms with Crippen LogP contribution in [0.5, 0.6) is 0 Å². The molecule has 1 amide bonds. The summed E-state index contributed by atoms with van der Waals surface area (Å²) >= 11 is 0. The number of methoxy groups -OCH3 is 1. The third kappa shape index (κ3) is 3.98. The summed E-state index contributed by atoms with van der Waals surface area (Å²) in [5.41, 5.74) is -1.12. The second-order valence-corrected chi connectivity index (χ2v) is 4.50. The van der Waals surface area contributed by atoms with E-state index in [4.69, 9.17) is 9.84 Å². The third-order valence-electron chi connectivity index (χ3n) is 3.01. The second kappa shape index (κ2) is 5.97. The van der Waals surface area contributed by atoms with E-state index in [9.17, 15) is 9.59 Å². The summed E-state index contributed by atoms with van der Waals surface area (Å²) in [5, 5.41) is 14.6. The molecule has 3 N–H and O–H groups in total. The Kier molecular flexibility index (Phi) is 4.89. The van der Waals surface area contributed by atoms with E-state index < -0.39 is 11.5 Å². The first-order chi connectivity index (χ1) is 8.00. The van der Waals surface area contributed by atoms with Crippen molar-refractivity contribution in [2.24, 2.45) is 5.92 Å². The van der Waals surface area contributed by atoms with Crippen molar-refractivity contribution >= 4 is 11.9 Å². The quantitative estimate of drug-likeness (QED) is 0.505. The summed E-state index contributed by atoms with van der Waals surface area (Å²) in [4.78, 5) is 22.7. The standard InChI is InChI=1S/C11H20N2O4/c1-11(10(15)16,8-3-4-8)13-9(14)7-12-5-6-17-2/h8,12H,3-7H2,1-2H3,(H,13,14)(H,15,16). The average Bonchev–Trinajstić information content (AvgIpc) is 3.07. The molecule has 0 aliphatic heterocycles. The van der Waals surface area contributed by atoms with E-state index in [1.54, 1.807) is 14.0 Å². The number of carboxylic acids is 1. The summed E-state index contributed by atoms with van der Waals surface area (Å²) in [5.74, 6) is -1.20. The molecule has 0 aromatic rings. The van der Waals surface area contributed by atoms with Gasteiger partial charge in [-0.3, -0.25) is 4.79 Å². The number of carbonyl (C=O) groups excluding carboxylic acids is 1. The first-order valence-corrected chi connectivity index (χ1v) is 5.74. The number of hydrogen-bond donors (Lipinski definition) is 3. The van der Waals surface area contributed by atoms with E-state index in [0.29, 0.717) is 13.2 Å². The minimum atomic E-state index is -1.12. The number of carboxylic acid groups (broad SMARTS) is 1. The van der Waals surface area contributed by atoms with Crippen LogP contribution in [-0.2, 0) is 14.3 Å². The summed E-state index contributed by atoms with van der Waals surface area (Å²) in [7, 11) is 1.58. The molecular weight excluding hydrogens is 224 g/mol. The lowest BCUT2D eigenvalue weighted by Crippen LogP contribution is -2.55. The Balaban J connectivity index is 2.35. The van der Waals surface area contributed by atoms with Gasteiger partial charge in [-0.1, -0.05) is 0 Å². The molecule has 1 fully saturated rings. The van der Waals surface area contributed by atoms with Crippen LogP contribution in [-0.4, -0.2) is 49.3 Å². The van der Waals surface area contributed by atoms with Crippen LogP contribution in [0.25, 0.3) is 0 Å². The van der Waals surface area contributed by atoms with Gasteiger partial charge in [0.1, 0.15) is 5.54 Å². The fourth-order valence-electron chi connectivity index (χ4n) is 1.70. The number of carbonyl (C=O) groups is 2. The molecule has 6 nitrogen and oxygen atoms in total. The van der Waals surface area contributed by atoms with E-state index in [0.717, 1.165) is 12.8 Å². The van der Waals surface area contributed by atoms with Crippen molar-refractivity contribution < 1.29 is 19.4 Å². The van der Waals surface area contributed by atoms with Gasteiger partial charge in [0.2, 0.25) is 5.91 Å². The maximum Gasteiger partial charge on any atom is 0.329 e. The van der Waals surface area contributed by atoms with E-state index in [2.05, 4.69) is 10.6 Å². The van der Waals surface area contributed by atoms with Gasteiger partial charge in [0.25, 0.3) is 0 Å². The minimum absolute atomic E-state index is 0.0583. The fraction of sp³-hybridized carbons (Fsp3) is 0.818. The molecular formula is C11H20N2O4. The molecule has 1 unspecified atom stereocenters. The molecule has 98 valence electrons. The van der Waals surface area contributed by atoms with Crippen molar-refractivity contribution in [1.82, 2.24) is 10.6 Å². The number of nitrogens with one attached hydrogen (secondary N) is 2. The van der Waals surface area contributed by atoms with E-state index in [1.807, 2.05) is 0 Å². The molecule has 0 radical (unpaired) electrons. The van der Waals surface area contributed by atoms with Gasteiger partial charge in [-0.25, -0.2) is 4.79 Å². The number of hydrogen-bond acceptors (Lipinski definition) is 4. The van der Waals surface area contributed by atoms with Crippen molar-refractivity contribution in [1.29, 1.82) is 0 Å². The number of rotatable bonds is 8. The lowest BCUT2D eigenvalue weighted by molar-refractivity contribution is -0.147. The first-order valence-electron chi connectivity index (χ1n) is 5.74. The maximum absolute atomic E-state index is 11.6. The van der Waals surface area contributed by atoms with Crippen LogP contribution < -0.4 is 10.6 Å². The SMILES string of the molecule is COCCNCC(=O)NC(C)(C(=O)O)C1CC1. The van der Waals surface area contributed by atoms with Gasteiger partial charge in [0.05, 0.1) is 13.2 Å². The highest BCUT2D eigenvalue weighted by Crippen LogP contribution is 2.39. The predicted molar refractivity (Wildman–Crippen MR) is 61.7 cm³/mol. The van der Waals surface area contributed by atoms with Gasteiger partial charge in [-0.15, -0.1) is 0 Å². The minimum Gasteiger partial charge on any atom is -0.480 e. The molecule has 1 rings (SSSR count). The molecule has 0 saturated heterocycles. The third-order valence-corrected chi connectivity index (χ3v) is 3.01. The maximum atomic E-state index is 11.6. The highest BCUT2D eigenvalue weighted by molar-refractivity contribution is 5.88. The zero-order chi connectivity index (χ0) is 12.9. The topological polar surface area (TPSA) is 87.7 Å². The molecule has 0 aromatic carbocycles. The summed E-state index contributed by atoms with van der Waals surface area (Å²) < 4.78 is 4.82. The Bertz CT molecular complexity index is 291.